The highest BCUT2D eigenvalue weighted by Crippen LogP contribution is 2.24. The van der Waals surface area contributed by atoms with Crippen molar-refractivity contribution in [3.63, 3.8) is 0 Å². The number of nitrogens with zero attached hydrogens (tertiary/aromatic N) is 1. The SMILES string of the molecule is CCc1ccccc1NC(=O)/C(C#N)=C/c1ccccc1OCc1ccc(C)c(C)c1. The molecule has 1 N–H and O–H groups in total. The van der Waals surface area contributed by atoms with Crippen LogP contribution in [0.1, 0.15) is 34.7 Å². The molecule has 0 saturated carbocycles. The Hall–Kier alpha value is -3.84. The number of anilines is 1. The van der Waals surface area contributed by atoms with Gasteiger partial charge in [0, 0.05) is 11.3 Å². The van der Waals surface area contributed by atoms with E-state index in [1.807, 2.05) is 67.6 Å². The summed E-state index contributed by atoms with van der Waals surface area (Å²) in [5, 5.41) is 12.4. The normalized spacial score (nSPS) is 11.0. The summed E-state index contributed by atoms with van der Waals surface area (Å²) in [6.45, 7) is 6.58. The first-order valence-corrected chi connectivity index (χ1v) is 10.3. The van der Waals surface area contributed by atoms with Gasteiger partial charge in [0.15, 0.2) is 0 Å². The predicted molar refractivity (Wildman–Crippen MR) is 125 cm³/mol. The molecule has 0 bridgehead atoms. The smallest absolute Gasteiger partial charge is 0.266 e. The number of hydrogen-bond acceptors (Lipinski definition) is 3. The number of carbonyl (C=O) groups excluding carboxylic acids is 1. The molecule has 0 aliphatic carbocycles. The number of aryl methyl sites for hydroxylation is 3. The number of benzene rings is 3. The number of nitriles is 1. The van der Waals surface area contributed by atoms with Gasteiger partial charge in [0.05, 0.1) is 0 Å². The maximum Gasteiger partial charge on any atom is 0.266 e. The first kappa shape index (κ1) is 21.9. The van der Waals surface area contributed by atoms with E-state index in [0.717, 1.165) is 23.2 Å². The molecule has 0 aromatic heterocycles. The van der Waals surface area contributed by atoms with Crippen LogP contribution in [0.15, 0.2) is 72.3 Å². The maximum absolute atomic E-state index is 12.7. The Morgan fingerprint density at radius 2 is 1.77 bits per heavy atom. The second-order valence-electron chi connectivity index (χ2n) is 7.38. The number of carbonyl (C=O) groups is 1. The third-order valence-electron chi connectivity index (χ3n) is 5.20. The molecular formula is C27H26N2O2. The minimum atomic E-state index is -0.438. The third kappa shape index (κ3) is 5.61. The van der Waals surface area contributed by atoms with Crippen molar-refractivity contribution < 1.29 is 9.53 Å². The first-order valence-electron chi connectivity index (χ1n) is 10.3. The largest absolute Gasteiger partial charge is 0.488 e. The van der Waals surface area contributed by atoms with Crippen LogP contribution in [0.4, 0.5) is 5.69 Å². The number of para-hydroxylation sites is 2. The van der Waals surface area contributed by atoms with Gasteiger partial charge in [-0.15, -0.1) is 0 Å². The molecule has 0 radical (unpaired) electrons. The fourth-order valence-corrected chi connectivity index (χ4v) is 3.23. The van der Waals surface area contributed by atoms with E-state index >= 15 is 0 Å². The van der Waals surface area contributed by atoms with E-state index in [9.17, 15) is 10.1 Å². The van der Waals surface area contributed by atoms with Crippen LogP contribution in [0.5, 0.6) is 5.75 Å². The highest BCUT2D eigenvalue weighted by atomic mass is 16.5. The summed E-state index contributed by atoms with van der Waals surface area (Å²) in [6.07, 6.45) is 2.36. The molecule has 156 valence electrons. The average molecular weight is 411 g/mol. The van der Waals surface area contributed by atoms with Gasteiger partial charge in [0.25, 0.3) is 5.91 Å². The summed E-state index contributed by atoms with van der Waals surface area (Å²) in [5.41, 5.74) is 5.96. The molecule has 0 saturated heterocycles. The zero-order valence-electron chi connectivity index (χ0n) is 18.1. The van der Waals surface area contributed by atoms with Crippen LogP contribution in [-0.4, -0.2) is 5.91 Å². The highest BCUT2D eigenvalue weighted by Gasteiger charge is 2.13. The van der Waals surface area contributed by atoms with Gasteiger partial charge in [-0.3, -0.25) is 4.79 Å². The van der Waals surface area contributed by atoms with Gasteiger partial charge >= 0.3 is 0 Å². The van der Waals surface area contributed by atoms with Gasteiger partial charge in [0.1, 0.15) is 24.0 Å². The third-order valence-corrected chi connectivity index (χ3v) is 5.20. The Kier molecular flexibility index (Phi) is 7.24. The van der Waals surface area contributed by atoms with Gasteiger partial charge in [-0.2, -0.15) is 5.26 Å². The number of hydrogen-bond donors (Lipinski definition) is 1. The average Bonchev–Trinajstić information content (AvgIpc) is 2.79. The van der Waals surface area contributed by atoms with Gasteiger partial charge in [-0.05, 0) is 60.7 Å². The zero-order chi connectivity index (χ0) is 22.2. The summed E-state index contributed by atoms with van der Waals surface area (Å²) >= 11 is 0. The fourth-order valence-electron chi connectivity index (χ4n) is 3.23. The summed E-state index contributed by atoms with van der Waals surface area (Å²) in [5.74, 6) is 0.183. The van der Waals surface area contributed by atoms with Gasteiger partial charge in [-0.1, -0.05) is 61.5 Å². The second-order valence-corrected chi connectivity index (χ2v) is 7.38. The first-order chi connectivity index (χ1) is 15.0. The monoisotopic (exact) mass is 410 g/mol. The lowest BCUT2D eigenvalue weighted by atomic mass is 10.1. The van der Waals surface area contributed by atoms with Crippen molar-refractivity contribution in [3.8, 4) is 11.8 Å². The van der Waals surface area contributed by atoms with Crippen molar-refractivity contribution in [1.29, 1.82) is 5.26 Å². The van der Waals surface area contributed by atoms with Crippen LogP contribution in [0, 0.1) is 25.2 Å². The van der Waals surface area contributed by atoms with Gasteiger partial charge < -0.3 is 10.1 Å². The number of rotatable bonds is 7. The van der Waals surface area contributed by atoms with Crippen molar-refractivity contribution in [1.82, 2.24) is 0 Å². The number of ether oxygens (including phenoxy) is 1. The molecule has 3 rings (SSSR count). The van der Waals surface area contributed by atoms with E-state index in [-0.39, 0.29) is 5.57 Å². The second kappa shape index (κ2) is 10.3. The van der Waals surface area contributed by atoms with E-state index in [4.69, 9.17) is 4.74 Å². The number of amides is 1. The van der Waals surface area contributed by atoms with Crippen LogP contribution in [0.3, 0.4) is 0 Å². The lowest BCUT2D eigenvalue weighted by molar-refractivity contribution is -0.112. The maximum atomic E-state index is 12.7. The van der Waals surface area contributed by atoms with E-state index in [1.54, 1.807) is 6.08 Å². The summed E-state index contributed by atoms with van der Waals surface area (Å²) in [6, 6.07) is 23.2. The Morgan fingerprint density at radius 1 is 1.03 bits per heavy atom. The minimum absolute atomic E-state index is 0.0214. The lowest BCUT2D eigenvalue weighted by Gasteiger charge is -2.12. The zero-order valence-corrected chi connectivity index (χ0v) is 18.1. The van der Waals surface area contributed by atoms with Gasteiger partial charge in [0.2, 0.25) is 0 Å². The van der Waals surface area contributed by atoms with Crippen LogP contribution >= 0.6 is 0 Å². The molecule has 0 unspecified atom stereocenters. The Balaban J connectivity index is 1.80. The highest BCUT2D eigenvalue weighted by molar-refractivity contribution is 6.10. The molecule has 0 atom stereocenters. The molecule has 3 aromatic carbocycles. The van der Waals surface area contributed by atoms with Crippen LogP contribution < -0.4 is 10.1 Å². The standard InChI is InChI=1S/C27H26N2O2/c1-4-22-9-5-7-11-25(22)29-27(30)24(17-28)16-23-10-6-8-12-26(23)31-18-21-14-13-19(2)20(3)15-21/h5-16H,4,18H2,1-3H3,(H,29,30)/b24-16+. The lowest BCUT2D eigenvalue weighted by Crippen LogP contribution is -2.14. The fraction of sp³-hybridized carbons (Fsp3) is 0.185. The van der Waals surface area contributed by atoms with Crippen molar-refractivity contribution in [3.05, 3.63) is 100 Å². The number of nitrogens with one attached hydrogen (secondary N) is 1. The Bertz CT molecular complexity index is 1160. The Labute approximate surface area is 183 Å². The topological polar surface area (TPSA) is 62.1 Å². The van der Waals surface area contributed by atoms with Gasteiger partial charge in [-0.25, -0.2) is 0 Å². The molecule has 4 heteroatoms. The summed E-state index contributed by atoms with van der Waals surface area (Å²) in [7, 11) is 0. The van der Waals surface area contributed by atoms with Crippen molar-refractivity contribution in [2.24, 2.45) is 0 Å². The molecule has 0 fully saturated rings. The molecule has 31 heavy (non-hydrogen) atoms. The van der Waals surface area contributed by atoms with Crippen LogP contribution in [0.2, 0.25) is 0 Å². The molecule has 0 aliphatic rings. The predicted octanol–water partition coefficient (Wildman–Crippen LogP) is 5.99. The van der Waals surface area contributed by atoms with E-state index < -0.39 is 5.91 Å². The van der Waals surface area contributed by atoms with Crippen molar-refractivity contribution in [2.45, 2.75) is 33.8 Å². The minimum Gasteiger partial charge on any atom is -0.488 e. The molecule has 3 aromatic rings. The summed E-state index contributed by atoms with van der Waals surface area (Å²) < 4.78 is 6.01. The molecule has 0 spiro atoms. The van der Waals surface area contributed by atoms with Crippen molar-refractivity contribution in [2.75, 3.05) is 5.32 Å². The summed E-state index contributed by atoms with van der Waals surface area (Å²) in [4.78, 5) is 12.7. The Morgan fingerprint density at radius 3 is 2.52 bits per heavy atom. The molecular weight excluding hydrogens is 384 g/mol. The van der Waals surface area contributed by atoms with Crippen molar-refractivity contribution >= 4 is 17.7 Å². The molecule has 4 nitrogen and oxygen atoms in total. The van der Waals surface area contributed by atoms with Crippen LogP contribution in [-0.2, 0) is 17.8 Å². The molecule has 1 amide bonds. The molecule has 0 heterocycles. The quantitative estimate of drug-likeness (QED) is 0.384. The van der Waals surface area contributed by atoms with E-state index in [2.05, 4.69) is 31.3 Å². The van der Waals surface area contributed by atoms with E-state index in [0.29, 0.717) is 17.9 Å². The molecule has 0 aliphatic heterocycles. The van der Waals surface area contributed by atoms with Crippen LogP contribution in [0.25, 0.3) is 6.08 Å². The van der Waals surface area contributed by atoms with E-state index in [1.165, 1.54) is 11.1 Å².